The Labute approximate surface area is 204 Å². The molecule has 0 bridgehead atoms. The summed E-state index contributed by atoms with van der Waals surface area (Å²) >= 11 is 0. The number of nitrogens with two attached hydrogens (primary N) is 1. The van der Waals surface area contributed by atoms with Gasteiger partial charge in [-0.3, -0.25) is 4.79 Å². The van der Waals surface area contributed by atoms with Gasteiger partial charge in [0, 0.05) is 37.8 Å². The predicted molar refractivity (Wildman–Crippen MR) is 131 cm³/mol. The Morgan fingerprint density at radius 3 is 2.43 bits per heavy atom. The monoisotopic (exact) mass is 486 g/mol. The fraction of sp³-hybridized carbons (Fsp3) is 0.407. The van der Waals surface area contributed by atoms with Crippen molar-refractivity contribution in [3.63, 3.8) is 0 Å². The molecule has 0 aliphatic heterocycles. The van der Waals surface area contributed by atoms with Crippen molar-refractivity contribution in [2.45, 2.75) is 52.7 Å². The smallest absolute Gasteiger partial charge is 0.220 e. The lowest BCUT2D eigenvalue weighted by molar-refractivity contribution is -0.134. The lowest BCUT2D eigenvalue weighted by Gasteiger charge is -2.40. The minimum atomic E-state index is -0.683. The first-order valence-corrected chi connectivity index (χ1v) is 11.7. The van der Waals surface area contributed by atoms with Gasteiger partial charge in [-0.2, -0.15) is 0 Å². The van der Waals surface area contributed by atoms with Gasteiger partial charge in [0.1, 0.15) is 24.1 Å². The Balaban J connectivity index is 2.17. The third-order valence-corrected chi connectivity index (χ3v) is 5.93. The van der Waals surface area contributed by atoms with E-state index in [9.17, 15) is 18.0 Å². The Kier molecular flexibility index (Phi) is 8.38. The highest BCUT2D eigenvalue weighted by molar-refractivity contribution is 5.74. The van der Waals surface area contributed by atoms with Gasteiger partial charge in [-0.15, -0.1) is 0 Å². The van der Waals surface area contributed by atoms with Crippen LogP contribution in [0.15, 0.2) is 54.7 Å². The van der Waals surface area contributed by atoms with Gasteiger partial charge in [0.15, 0.2) is 0 Å². The Bertz CT molecular complexity index is 1140. The zero-order valence-electron chi connectivity index (χ0n) is 20.6. The molecule has 1 amide bonds. The number of carbonyl (C=O) groups is 1. The zero-order valence-corrected chi connectivity index (χ0v) is 20.6. The number of hydrogen-bond acceptors (Lipinski definition) is 3. The summed E-state index contributed by atoms with van der Waals surface area (Å²) in [6.07, 6.45) is 1.97. The normalized spacial score (nSPS) is 13.5. The van der Waals surface area contributed by atoms with Crippen LogP contribution >= 0.6 is 0 Å². The molecule has 0 saturated carbocycles. The molecule has 2 N–H and O–H groups in total. The summed E-state index contributed by atoms with van der Waals surface area (Å²) in [7, 11) is 0. The van der Waals surface area contributed by atoms with Crippen LogP contribution in [-0.2, 0) is 11.3 Å². The lowest BCUT2D eigenvalue weighted by Crippen LogP contribution is -2.43. The Morgan fingerprint density at radius 1 is 1.14 bits per heavy atom. The average molecular weight is 487 g/mol. The van der Waals surface area contributed by atoms with E-state index in [0.717, 1.165) is 23.8 Å². The second kappa shape index (κ2) is 11.1. The first-order chi connectivity index (χ1) is 16.5. The molecule has 0 aliphatic rings. The van der Waals surface area contributed by atoms with E-state index in [1.807, 2.05) is 55.7 Å². The predicted octanol–water partition coefficient (Wildman–Crippen LogP) is 5.50. The molecule has 1 aromatic heterocycles. The van der Waals surface area contributed by atoms with Crippen molar-refractivity contribution in [2.75, 3.05) is 13.2 Å². The number of imidazole rings is 1. The van der Waals surface area contributed by atoms with E-state index in [-0.39, 0.29) is 30.1 Å². The number of rotatable bonds is 9. The number of hydrogen-bond donors (Lipinski definition) is 1. The van der Waals surface area contributed by atoms with E-state index in [2.05, 4.69) is 0 Å². The molecule has 188 valence electrons. The first kappa shape index (κ1) is 26.5. The van der Waals surface area contributed by atoms with E-state index in [1.165, 1.54) is 6.92 Å². The molecule has 0 saturated heterocycles. The minimum absolute atomic E-state index is 0.0412. The zero-order chi connectivity index (χ0) is 25.8. The van der Waals surface area contributed by atoms with E-state index >= 15 is 0 Å². The lowest BCUT2D eigenvalue weighted by atomic mass is 9.84. The van der Waals surface area contributed by atoms with E-state index in [4.69, 9.17) is 10.7 Å². The fourth-order valence-corrected chi connectivity index (χ4v) is 4.22. The van der Waals surface area contributed by atoms with E-state index in [1.54, 1.807) is 11.1 Å². The van der Waals surface area contributed by atoms with Gasteiger partial charge in [-0.25, -0.2) is 18.2 Å². The van der Waals surface area contributed by atoms with Crippen molar-refractivity contribution in [3.8, 4) is 11.3 Å². The SMILES string of the molecule is CC(=O)N(CCC(N)CF)C(c1nc(-c2cc(F)ccc2F)cn1Cc1ccccc1)C(C)(C)C. The summed E-state index contributed by atoms with van der Waals surface area (Å²) < 4.78 is 43.6. The van der Waals surface area contributed by atoms with Crippen molar-refractivity contribution in [1.82, 2.24) is 14.5 Å². The van der Waals surface area contributed by atoms with Gasteiger partial charge in [0.05, 0.1) is 11.7 Å². The van der Waals surface area contributed by atoms with Crippen molar-refractivity contribution < 1.29 is 18.0 Å². The third-order valence-electron chi connectivity index (χ3n) is 5.93. The fourth-order valence-electron chi connectivity index (χ4n) is 4.22. The summed E-state index contributed by atoms with van der Waals surface area (Å²) in [4.78, 5) is 19.2. The molecule has 2 unspecified atom stereocenters. The molecule has 35 heavy (non-hydrogen) atoms. The maximum atomic E-state index is 14.7. The summed E-state index contributed by atoms with van der Waals surface area (Å²) in [5, 5.41) is 0. The van der Waals surface area contributed by atoms with Crippen molar-refractivity contribution >= 4 is 5.91 Å². The summed E-state index contributed by atoms with van der Waals surface area (Å²) in [5.41, 5.74) is 6.61. The molecule has 2 atom stereocenters. The van der Waals surface area contributed by atoms with Gasteiger partial charge in [-0.05, 0) is 35.6 Å². The molecule has 0 fully saturated rings. The first-order valence-electron chi connectivity index (χ1n) is 11.7. The van der Waals surface area contributed by atoms with Crippen LogP contribution in [0, 0.1) is 17.0 Å². The van der Waals surface area contributed by atoms with Gasteiger partial charge in [-0.1, -0.05) is 51.1 Å². The third kappa shape index (κ3) is 6.51. The topological polar surface area (TPSA) is 64.2 Å². The molecular weight excluding hydrogens is 453 g/mol. The number of halogens is 3. The van der Waals surface area contributed by atoms with Gasteiger partial charge < -0.3 is 15.2 Å². The molecule has 2 aromatic carbocycles. The highest BCUT2D eigenvalue weighted by atomic mass is 19.1. The highest BCUT2D eigenvalue weighted by Crippen LogP contribution is 2.39. The van der Waals surface area contributed by atoms with Crippen LogP contribution in [0.5, 0.6) is 0 Å². The maximum absolute atomic E-state index is 14.7. The van der Waals surface area contributed by atoms with E-state index in [0.29, 0.717) is 12.4 Å². The van der Waals surface area contributed by atoms with E-state index < -0.39 is 35.8 Å². The van der Waals surface area contributed by atoms with Gasteiger partial charge in [0.2, 0.25) is 5.91 Å². The standard InChI is InChI=1S/C27H33F3N4O/c1-18(35)34(13-12-21(31)15-28)25(27(2,3)4)26-32-24(22-14-20(29)10-11-23(22)30)17-33(26)16-19-8-6-5-7-9-19/h5-11,14,17,21,25H,12-13,15-16,31H2,1-4H3. The second-order valence-corrected chi connectivity index (χ2v) is 9.91. The van der Waals surface area contributed by atoms with Crippen LogP contribution in [0.2, 0.25) is 0 Å². The summed E-state index contributed by atoms with van der Waals surface area (Å²) in [6.45, 7) is 7.37. The van der Waals surface area contributed by atoms with Gasteiger partial charge >= 0.3 is 0 Å². The Hall–Kier alpha value is -3.13. The van der Waals surface area contributed by atoms with Gasteiger partial charge in [0.25, 0.3) is 0 Å². The molecular formula is C27H33F3N4O. The number of aromatic nitrogens is 2. The quantitative estimate of drug-likeness (QED) is 0.434. The number of alkyl halides is 1. The van der Waals surface area contributed by atoms with Crippen LogP contribution in [-0.4, -0.2) is 39.6 Å². The van der Waals surface area contributed by atoms with Crippen LogP contribution in [0.1, 0.15) is 51.5 Å². The number of benzene rings is 2. The highest BCUT2D eigenvalue weighted by Gasteiger charge is 2.37. The molecule has 0 aliphatic carbocycles. The van der Waals surface area contributed by atoms with Crippen LogP contribution in [0.4, 0.5) is 13.2 Å². The second-order valence-electron chi connectivity index (χ2n) is 9.91. The molecule has 0 radical (unpaired) electrons. The van der Waals surface area contributed by atoms with Crippen LogP contribution in [0.25, 0.3) is 11.3 Å². The molecule has 8 heteroatoms. The van der Waals surface area contributed by atoms with Crippen LogP contribution in [0.3, 0.4) is 0 Å². The summed E-state index contributed by atoms with van der Waals surface area (Å²) in [5.74, 6) is -0.835. The number of nitrogens with zero attached hydrogens (tertiary/aromatic N) is 3. The van der Waals surface area contributed by atoms with Crippen molar-refractivity contribution in [3.05, 3.63) is 77.8 Å². The molecule has 1 heterocycles. The molecule has 3 rings (SSSR count). The van der Waals surface area contributed by atoms with Crippen LogP contribution < -0.4 is 5.73 Å². The molecule has 3 aromatic rings. The Morgan fingerprint density at radius 2 is 1.83 bits per heavy atom. The minimum Gasteiger partial charge on any atom is -0.332 e. The molecule has 5 nitrogen and oxygen atoms in total. The van der Waals surface area contributed by atoms with Crippen molar-refractivity contribution in [1.29, 1.82) is 0 Å². The number of carbonyl (C=O) groups excluding carboxylic acids is 1. The maximum Gasteiger partial charge on any atom is 0.220 e. The largest absolute Gasteiger partial charge is 0.332 e. The summed E-state index contributed by atoms with van der Waals surface area (Å²) in [6, 6.07) is 11.7. The average Bonchev–Trinajstić information content (AvgIpc) is 3.20. The molecule has 0 spiro atoms. The number of amides is 1. The van der Waals surface area contributed by atoms with Crippen molar-refractivity contribution in [2.24, 2.45) is 11.1 Å².